The van der Waals surface area contributed by atoms with E-state index in [1.165, 1.54) is 18.2 Å². The number of hydrogen-bond donors (Lipinski definition) is 2. The van der Waals surface area contributed by atoms with Gasteiger partial charge in [0.1, 0.15) is 5.52 Å². The Morgan fingerprint density at radius 2 is 2.00 bits per heavy atom. The smallest absolute Gasteiger partial charge is 0.399 e. The van der Waals surface area contributed by atoms with Crippen LogP contribution in [0, 0.1) is 0 Å². The molecular formula is C9H7F3N4O2. The second kappa shape index (κ2) is 3.79. The second-order valence-electron chi connectivity index (χ2n) is 3.39. The summed E-state index contributed by atoms with van der Waals surface area (Å²) in [6, 6.07) is 4.16. The van der Waals surface area contributed by atoms with E-state index in [0.717, 1.165) is 0 Å². The Labute approximate surface area is 97.9 Å². The lowest BCUT2D eigenvalue weighted by Gasteiger charge is -2.08. The molecule has 0 amide bonds. The monoisotopic (exact) mass is 260 g/mol. The molecule has 0 aliphatic rings. The van der Waals surface area contributed by atoms with Crippen molar-refractivity contribution in [3.05, 3.63) is 18.2 Å². The summed E-state index contributed by atoms with van der Waals surface area (Å²) in [5, 5.41) is 0. The topological polar surface area (TPSA) is 96.2 Å². The van der Waals surface area contributed by atoms with Crippen LogP contribution in [-0.4, -0.2) is 21.9 Å². The van der Waals surface area contributed by atoms with Gasteiger partial charge in [0.2, 0.25) is 5.95 Å². The Hall–Kier alpha value is -2.45. The van der Waals surface area contributed by atoms with E-state index in [2.05, 4.69) is 9.82 Å². The van der Waals surface area contributed by atoms with Gasteiger partial charge in [0.25, 0.3) is 0 Å². The quantitative estimate of drug-likeness (QED) is 0.736. The maximum Gasteiger partial charge on any atom is 0.493 e. The molecule has 0 aliphatic heterocycles. The van der Waals surface area contributed by atoms with Crippen LogP contribution in [0.3, 0.4) is 0 Å². The number of benzene rings is 1. The fourth-order valence-corrected chi connectivity index (χ4v) is 1.32. The van der Waals surface area contributed by atoms with E-state index in [-0.39, 0.29) is 17.0 Å². The number of alkyl halides is 3. The predicted molar refractivity (Wildman–Crippen MR) is 56.2 cm³/mol. The summed E-state index contributed by atoms with van der Waals surface area (Å²) < 4.78 is 36.7. The summed E-state index contributed by atoms with van der Waals surface area (Å²) in [7, 11) is 0. The van der Waals surface area contributed by atoms with Crippen LogP contribution in [0.4, 0.5) is 24.8 Å². The van der Waals surface area contributed by atoms with Gasteiger partial charge in [-0.15, -0.1) is 4.73 Å². The highest BCUT2D eigenvalue weighted by atomic mass is 19.4. The van der Waals surface area contributed by atoms with Crippen molar-refractivity contribution in [3.63, 3.8) is 0 Å². The molecule has 0 fully saturated rings. The van der Waals surface area contributed by atoms with Crippen molar-refractivity contribution < 1.29 is 22.8 Å². The average molecular weight is 260 g/mol. The minimum Gasteiger partial charge on any atom is -0.399 e. The van der Waals surface area contributed by atoms with Crippen LogP contribution in [0.2, 0.25) is 0 Å². The Bertz CT molecular complexity index is 620. The van der Waals surface area contributed by atoms with Crippen LogP contribution in [0.5, 0.6) is 0 Å². The number of halogens is 3. The molecule has 96 valence electrons. The van der Waals surface area contributed by atoms with E-state index in [1.807, 2.05) is 0 Å². The zero-order valence-corrected chi connectivity index (χ0v) is 8.73. The van der Waals surface area contributed by atoms with Crippen LogP contribution < -0.4 is 16.3 Å². The van der Waals surface area contributed by atoms with Gasteiger partial charge >= 0.3 is 12.1 Å². The zero-order valence-electron chi connectivity index (χ0n) is 8.73. The molecule has 9 heteroatoms. The van der Waals surface area contributed by atoms with Gasteiger partial charge in [-0.2, -0.15) is 13.2 Å². The number of carbonyl (C=O) groups is 1. The van der Waals surface area contributed by atoms with Crippen LogP contribution >= 0.6 is 0 Å². The van der Waals surface area contributed by atoms with Crippen LogP contribution in [0.1, 0.15) is 0 Å². The number of nitrogen functional groups attached to an aromatic ring is 2. The first-order chi connectivity index (χ1) is 8.29. The summed E-state index contributed by atoms with van der Waals surface area (Å²) >= 11 is 0. The van der Waals surface area contributed by atoms with Crippen LogP contribution in [-0.2, 0) is 4.79 Å². The van der Waals surface area contributed by atoms with Gasteiger partial charge in [0.05, 0.1) is 5.52 Å². The molecule has 0 saturated carbocycles. The lowest BCUT2D eigenvalue weighted by Crippen LogP contribution is -2.33. The number of fused-ring (bicyclic) bond motifs is 1. The molecule has 0 aliphatic carbocycles. The van der Waals surface area contributed by atoms with E-state index in [1.54, 1.807) is 0 Å². The summed E-state index contributed by atoms with van der Waals surface area (Å²) in [6.07, 6.45) is -5.11. The standard InChI is InChI=1S/C9H7F3N4O2/c10-9(11,12)7(17)18-16-6-2-1-4(13)3-5(6)15-8(16)14/h1-3H,13H2,(H2,14,15). The Morgan fingerprint density at radius 3 is 2.61 bits per heavy atom. The number of hydrogen-bond acceptors (Lipinski definition) is 5. The molecule has 0 bridgehead atoms. The van der Waals surface area contributed by atoms with Crippen molar-refractivity contribution >= 4 is 28.6 Å². The van der Waals surface area contributed by atoms with Crippen molar-refractivity contribution in [3.8, 4) is 0 Å². The predicted octanol–water partition coefficient (Wildman–Crippen LogP) is 0.718. The molecule has 6 nitrogen and oxygen atoms in total. The highest BCUT2D eigenvalue weighted by Crippen LogP contribution is 2.21. The third-order valence-corrected chi connectivity index (χ3v) is 2.07. The van der Waals surface area contributed by atoms with Gasteiger partial charge < -0.3 is 16.3 Å². The highest BCUT2D eigenvalue weighted by molar-refractivity contribution is 5.83. The van der Waals surface area contributed by atoms with Gasteiger partial charge in [0.15, 0.2) is 0 Å². The fourth-order valence-electron chi connectivity index (χ4n) is 1.32. The van der Waals surface area contributed by atoms with Gasteiger partial charge in [-0.3, -0.25) is 0 Å². The molecule has 0 radical (unpaired) electrons. The zero-order chi connectivity index (χ0) is 13.5. The Morgan fingerprint density at radius 1 is 1.33 bits per heavy atom. The lowest BCUT2D eigenvalue weighted by atomic mass is 10.3. The number of nitrogens with two attached hydrogens (primary N) is 2. The van der Waals surface area contributed by atoms with E-state index < -0.39 is 12.1 Å². The molecule has 1 heterocycles. The average Bonchev–Trinajstić information content (AvgIpc) is 2.53. The molecule has 2 aromatic rings. The van der Waals surface area contributed by atoms with E-state index >= 15 is 0 Å². The summed E-state index contributed by atoms with van der Waals surface area (Å²) in [4.78, 5) is 18.6. The Kier molecular flexibility index (Phi) is 2.53. The number of carbonyl (C=O) groups excluding carboxylic acids is 1. The number of aromatic nitrogens is 2. The van der Waals surface area contributed by atoms with Crippen molar-refractivity contribution in [1.29, 1.82) is 0 Å². The van der Waals surface area contributed by atoms with E-state index in [4.69, 9.17) is 11.5 Å². The molecule has 0 unspecified atom stereocenters. The minimum atomic E-state index is -5.11. The first-order valence-electron chi connectivity index (χ1n) is 4.62. The van der Waals surface area contributed by atoms with Crippen molar-refractivity contribution in [2.24, 2.45) is 0 Å². The normalized spacial score (nSPS) is 11.7. The van der Waals surface area contributed by atoms with Crippen molar-refractivity contribution in [1.82, 2.24) is 9.71 Å². The van der Waals surface area contributed by atoms with Crippen LogP contribution in [0.15, 0.2) is 18.2 Å². The largest absolute Gasteiger partial charge is 0.493 e. The van der Waals surface area contributed by atoms with Gasteiger partial charge in [-0.25, -0.2) is 9.78 Å². The van der Waals surface area contributed by atoms with Crippen molar-refractivity contribution in [2.45, 2.75) is 6.18 Å². The van der Waals surface area contributed by atoms with E-state index in [9.17, 15) is 18.0 Å². The third-order valence-electron chi connectivity index (χ3n) is 2.07. The third kappa shape index (κ3) is 2.01. The Balaban J connectivity index is 2.45. The fraction of sp³-hybridized carbons (Fsp3) is 0.111. The van der Waals surface area contributed by atoms with Crippen molar-refractivity contribution in [2.75, 3.05) is 11.5 Å². The molecule has 4 N–H and O–H groups in total. The van der Waals surface area contributed by atoms with E-state index in [0.29, 0.717) is 10.4 Å². The number of rotatable bonds is 1. The molecule has 0 spiro atoms. The number of nitrogens with zero attached hydrogens (tertiary/aromatic N) is 2. The first-order valence-corrected chi connectivity index (χ1v) is 4.62. The first kappa shape index (κ1) is 12.0. The molecule has 0 saturated heterocycles. The highest BCUT2D eigenvalue weighted by Gasteiger charge is 2.42. The lowest BCUT2D eigenvalue weighted by molar-refractivity contribution is -0.199. The molecule has 1 aromatic carbocycles. The summed E-state index contributed by atoms with van der Waals surface area (Å²) in [5.41, 5.74) is 11.5. The maximum absolute atomic E-state index is 12.1. The van der Waals surface area contributed by atoms with Gasteiger partial charge in [-0.05, 0) is 18.2 Å². The second-order valence-corrected chi connectivity index (χ2v) is 3.39. The minimum absolute atomic E-state index is 0.110. The maximum atomic E-state index is 12.1. The van der Waals surface area contributed by atoms with Crippen LogP contribution in [0.25, 0.3) is 11.0 Å². The molecule has 18 heavy (non-hydrogen) atoms. The molecule has 1 aromatic heterocycles. The summed E-state index contributed by atoms with van der Waals surface area (Å²) in [6.45, 7) is 0. The molecule has 2 rings (SSSR count). The number of anilines is 2. The summed E-state index contributed by atoms with van der Waals surface area (Å²) in [5.74, 6) is -2.77. The molecule has 0 atom stereocenters. The van der Waals surface area contributed by atoms with Gasteiger partial charge in [0, 0.05) is 5.69 Å². The number of imidazole rings is 1. The molecular weight excluding hydrogens is 253 g/mol. The SMILES string of the molecule is Nc1ccc2c(c1)nc(N)n2OC(=O)C(F)(F)F. The van der Waals surface area contributed by atoms with Gasteiger partial charge in [-0.1, -0.05) is 0 Å².